The largest absolute Gasteiger partial charge is 0.346 e. The standard InChI is InChI=1S/C22H20ClN3O3S/c23-20-11-10-18(14-19(20)22(27)25-15-17-8-3-4-12-24-17)30(28,29)26-13-5-7-16-6-1-2-9-21(16)26/h1-4,6,8-12,14H,5,7,13,15H2,(H,25,27). The number of hydrogen-bond donors (Lipinski definition) is 1. The van der Waals surface area contributed by atoms with Crippen LogP contribution in [0.2, 0.25) is 5.02 Å². The zero-order chi connectivity index (χ0) is 21.1. The van der Waals surface area contributed by atoms with Crippen LogP contribution in [0.4, 0.5) is 5.69 Å². The molecule has 0 atom stereocenters. The van der Waals surface area contributed by atoms with Gasteiger partial charge in [-0.3, -0.25) is 14.1 Å². The smallest absolute Gasteiger partial charge is 0.264 e. The van der Waals surface area contributed by atoms with Crippen LogP contribution < -0.4 is 9.62 Å². The minimum Gasteiger partial charge on any atom is -0.346 e. The van der Waals surface area contributed by atoms with E-state index in [1.54, 1.807) is 18.3 Å². The molecule has 8 heteroatoms. The van der Waals surface area contributed by atoms with Crippen molar-refractivity contribution in [3.05, 3.63) is 88.7 Å². The summed E-state index contributed by atoms with van der Waals surface area (Å²) in [7, 11) is -3.83. The molecular weight excluding hydrogens is 422 g/mol. The van der Waals surface area contributed by atoms with Gasteiger partial charge in [0.15, 0.2) is 0 Å². The Balaban J connectivity index is 1.62. The molecule has 1 amide bonds. The predicted octanol–water partition coefficient (Wildman–Crippen LogP) is 3.81. The van der Waals surface area contributed by atoms with Crippen molar-refractivity contribution in [2.45, 2.75) is 24.3 Å². The molecule has 0 aliphatic carbocycles. The summed E-state index contributed by atoms with van der Waals surface area (Å²) >= 11 is 6.20. The molecule has 6 nitrogen and oxygen atoms in total. The SMILES string of the molecule is O=C(NCc1ccccn1)c1cc(S(=O)(=O)N2CCCc3ccccc32)ccc1Cl. The molecule has 2 heterocycles. The molecule has 0 radical (unpaired) electrons. The number of amides is 1. The lowest BCUT2D eigenvalue weighted by Gasteiger charge is -2.30. The number of nitrogens with one attached hydrogen (secondary N) is 1. The summed E-state index contributed by atoms with van der Waals surface area (Å²) in [5.74, 6) is -0.457. The number of para-hydroxylation sites is 1. The van der Waals surface area contributed by atoms with Gasteiger partial charge in [0.2, 0.25) is 0 Å². The summed E-state index contributed by atoms with van der Waals surface area (Å²) in [6, 6.07) is 17.1. The van der Waals surface area contributed by atoms with Gasteiger partial charge in [-0.15, -0.1) is 0 Å². The molecule has 154 valence electrons. The maximum absolute atomic E-state index is 13.4. The first kappa shape index (κ1) is 20.4. The number of benzene rings is 2. The lowest BCUT2D eigenvalue weighted by Crippen LogP contribution is -2.35. The number of rotatable bonds is 5. The van der Waals surface area contributed by atoms with Gasteiger partial charge in [0.05, 0.1) is 33.4 Å². The Labute approximate surface area is 180 Å². The van der Waals surface area contributed by atoms with Crippen molar-refractivity contribution in [1.82, 2.24) is 10.3 Å². The molecule has 3 aromatic rings. The average Bonchev–Trinajstić information content (AvgIpc) is 2.78. The predicted molar refractivity (Wildman–Crippen MR) is 116 cm³/mol. The second-order valence-corrected chi connectivity index (χ2v) is 9.22. The van der Waals surface area contributed by atoms with Crippen molar-refractivity contribution in [3.8, 4) is 0 Å². The van der Waals surface area contributed by atoms with E-state index in [0.717, 1.165) is 18.4 Å². The Morgan fingerprint density at radius 2 is 1.90 bits per heavy atom. The summed E-state index contributed by atoms with van der Waals surface area (Å²) in [6.07, 6.45) is 3.21. The van der Waals surface area contributed by atoms with Gasteiger partial charge in [-0.05, 0) is 54.8 Å². The summed E-state index contributed by atoms with van der Waals surface area (Å²) in [4.78, 5) is 16.9. The summed E-state index contributed by atoms with van der Waals surface area (Å²) in [5.41, 5.74) is 2.48. The van der Waals surface area contributed by atoms with Gasteiger partial charge in [-0.25, -0.2) is 8.42 Å². The van der Waals surface area contributed by atoms with Crippen LogP contribution in [-0.4, -0.2) is 25.9 Å². The minimum atomic E-state index is -3.83. The lowest BCUT2D eigenvalue weighted by molar-refractivity contribution is 0.0950. The van der Waals surface area contributed by atoms with E-state index in [4.69, 9.17) is 11.6 Å². The number of hydrogen-bond acceptors (Lipinski definition) is 4. The number of sulfonamides is 1. The van der Waals surface area contributed by atoms with Gasteiger partial charge >= 0.3 is 0 Å². The van der Waals surface area contributed by atoms with Crippen LogP contribution >= 0.6 is 11.6 Å². The molecule has 4 rings (SSSR count). The van der Waals surface area contributed by atoms with Crippen LogP contribution in [-0.2, 0) is 23.0 Å². The molecule has 1 aliphatic rings. The number of fused-ring (bicyclic) bond motifs is 1. The minimum absolute atomic E-state index is 0.0339. The molecule has 30 heavy (non-hydrogen) atoms. The van der Waals surface area contributed by atoms with Gasteiger partial charge in [0.25, 0.3) is 15.9 Å². The topological polar surface area (TPSA) is 79.4 Å². The second kappa shape index (κ2) is 8.45. The third-order valence-electron chi connectivity index (χ3n) is 4.99. The van der Waals surface area contributed by atoms with Crippen molar-refractivity contribution in [1.29, 1.82) is 0 Å². The van der Waals surface area contributed by atoms with Crippen molar-refractivity contribution >= 4 is 33.2 Å². The number of aromatic nitrogens is 1. The quantitative estimate of drug-likeness (QED) is 0.653. The van der Waals surface area contributed by atoms with E-state index < -0.39 is 15.9 Å². The van der Waals surface area contributed by atoms with E-state index in [9.17, 15) is 13.2 Å². The molecule has 1 aromatic heterocycles. The Bertz CT molecular complexity index is 1180. The Kier molecular flexibility index (Phi) is 5.74. The summed E-state index contributed by atoms with van der Waals surface area (Å²) < 4.78 is 28.1. The highest BCUT2D eigenvalue weighted by atomic mass is 35.5. The number of carbonyl (C=O) groups excluding carboxylic acids is 1. The van der Waals surface area contributed by atoms with E-state index in [1.807, 2.05) is 30.3 Å². The van der Waals surface area contributed by atoms with Crippen molar-refractivity contribution < 1.29 is 13.2 Å². The molecule has 0 bridgehead atoms. The van der Waals surface area contributed by atoms with Crippen LogP contribution in [0.25, 0.3) is 0 Å². The van der Waals surface area contributed by atoms with Crippen molar-refractivity contribution in [2.75, 3.05) is 10.8 Å². The first-order valence-electron chi connectivity index (χ1n) is 9.55. The highest BCUT2D eigenvalue weighted by Gasteiger charge is 2.29. The van der Waals surface area contributed by atoms with E-state index >= 15 is 0 Å². The molecule has 2 aromatic carbocycles. The lowest BCUT2D eigenvalue weighted by atomic mass is 10.0. The van der Waals surface area contributed by atoms with Gasteiger partial charge in [-0.1, -0.05) is 35.9 Å². The van der Waals surface area contributed by atoms with Crippen LogP contribution in [0.3, 0.4) is 0 Å². The van der Waals surface area contributed by atoms with Crippen molar-refractivity contribution in [2.24, 2.45) is 0 Å². The summed E-state index contributed by atoms with van der Waals surface area (Å²) in [6.45, 7) is 0.607. The fourth-order valence-electron chi connectivity index (χ4n) is 3.48. The third-order valence-corrected chi connectivity index (χ3v) is 7.13. The van der Waals surface area contributed by atoms with Crippen LogP contribution in [0.15, 0.2) is 71.8 Å². The van der Waals surface area contributed by atoms with Crippen LogP contribution in [0, 0.1) is 0 Å². The Hall–Kier alpha value is -2.90. The number of nitrogens with zero attached hydrogens (tertiary/aromatic N) is 2. The van der Waals surface area contributed by atoms with Gasteiger partial charge in [0, 0.05) is 12.7 Å². The highest BCUT2D eigenvalue weighted by Crippen LogP contribution is 2.32. The van der Waals surface area contributed by atoms with Crippen LogP contribution in [0.5, 0.6) is 0 Å². The fraction of sp³-hybridized carbons (Fsp3) is 0.182. The Morgan fingerprint density at radius 3 is 2.70 bits per heavy atom. The molecule has 0 spiro atoms. The molecule has 1 N–H and O–H groups in total. The number of carbonyl (C=O) groups is 1. The fourth-order valence-corrected chi connectivity index (χ4v) is 5.25. The number of pyridine rings is 1. The zero-order valence-electron chi connectivity index (χ0n) is 16.1. The first-order valence-corrected chi connectivity index (χ1v) is 11.4. The second-order valence-electron chi connectivity index (χ2n) is 6.95. The van der Waals surface area contributed by atoms with E-state index in [0.29, 0.717) is 17.9 Å². The van der Waals surface area contributed by atoms with Crippen LogP contribution in [0.1, 0.15) is 28.0 Å². The zero-order valence-corrected chi connectivity index (χ0v) is 17.7. The normalized spacial score (nSPS) is 13.6. The third kappa shape index (κ3) is 4.04. The molecule has 0 fully saturated rings. The van der Waals surface area contributed by atoms with E-state index in [2.05, 4.69) is 10.3 Å². The Morgan fingerprint density at radius 1 is 1.10 bits per heavy atom. The highest BCUT2D eigenvalue weighted by molar-refractivity contribution is 7.92. The average molecular weight is 442 g/mol. The molecule has 0 saturated heterocycles. The van der Waals surface area contributed by atoms with E-state index in [1.165, 1.54) is 22.5 Å². The maximum Gasteiger partial charge on any atom is 0.264 e. The number of anilines is 1. The monoisotopic (exact) mass is 441 g/mol. The number of aryl methyl sites for hydroxylation is 1. The van der Waals surface area contributed by atoms with Crippen molar-refractivity contribution in [3.63, 3.8) is 0 Å². The molecule has 0 saturated carbocycles. The molecule has 0 unspecified atom stereocenters. The van der Waals surface area contributed by atoms with Gasteiger partial charge in [-0.2, -0.15) is 0 Å². The molecule has 1 aliphatic heterocycles. The van der Waals surface area contributed by atoms with Gasteiger partial charge < -0.3 is 5.32 Å². The summed E-state index contributed by atoms with van der Waals surface area (Å²) in [5, 5.41) is 2.92. The number of halogens is 1. The van der Waals surface area contributed by atoms with Gasteiger partial charge in [0.1, 0.15) is 0 Å². The first-order chi connectivity index (χ1) is 14.5. The maximum atomic E-state index is 13.4. The van der Waals surface area contributed by atoms with E-state index in [-0.39, 0.29) is 22.0 Å². The molecular formula is C22H20ClN3O3S.